The summed E-state index contributed by atoms with van der Waals surface area (Å²) in [7, 11) is 3.32. The zero-order chi connectivity index (χ0) is 20.8. The van der Waals surface area contributed by atoms with Crippen LogP contribution in [0.5, 0.6) is 23.0 Å². The fourth-order valence-corrected chi connectivity index (χ4v) is 3.35. The molecular weight excluding hydrogens is 376 g/mol. The van der Waals surface area contributed by atoms with E-state index in [1.165, 1.54) is 0 Å². The summed E-state index contributed by atoms with van der Waals surface area (Å²) < 4.78 is 23.5. The fourth-order valence-electron chi connectivity index (χ4n) is 3.35. The van der Waals surface area contributed by atoms with Crippen LogP contribution < -0.4 is 18.9 Å². The smallest absolute Gasteiger partial charge is 0.162 e. The van der Waals surface area contributed by atoms with E-state index >= 15 is 0 Å². The Balaban J connectivity index is 1.72. The van der Waals surface area contributed by atoms with Gasteiger partial charge in [0.1, 0.15) is 24.7 Å². The zero-order valence-corrected chi connectivity index (χ0v) is 17.1. The monoisotopic (exact) mass is 400 g/mol. The number of ether oxygens (including phenoxy) is 4. The van der Waals surface area contributed by atoms with Crippen molar-refractivity contribution in [1.82, 2.24) is 0 Å². The van der Waals surface area contributed by atoms with Crippen LogP contribution in [-0.2, 0) is 13.2 Å². The van der Waals surface area contributed by atoms with Crippen LogP contribution in [0.15, 0.2) is 84.9 Å². The number of hydrogen-bond donors (Lipinski definition) is 0. The molecule has 0 aliphatic heterocycles. The van der Waals surface area contributed by atoms with E-state index in [1.807, 2.05) is 84.9 Å². The van der Waals surface area contributed by atoms with Crippen LogP contribution in [0, 0.1) is 0 Å². The number of hydrogen-bond acceptors (Lipinski definition) is 4. The summed E-state index contributed by atoms with van der Waals surface area (Å²) >= 11 is 0. The van der Waals surface area contributed by atoms with Gasteiger partial charge < -0.3 is 18.9 Å². The van der Waals surface area contributed by atoms with Gasteiger partial charge in [0.2, 0.25) is 0 Å². The highest BCUT2D eigenvalue weighted by molar-refractivity contribution is 5.95. The molecule has 0 atom stereocenters. The first kappa shape index (κ1) is 19.6. The van der Waals surface area contributed by atoms with Crippen LogP contribution in [0.4, 0.5) is 0 Å². The van der Waals surface area contributed by atoms with E-state index in [9.17, 15) is 0 Å². The lowest BCUT2D eigenvalue weighted by Gasteiger charge is -2.17. The second-order valence-electron chi connectivity index (χ2n) is 6.86. The molecule has 4 aromatic rings. The Kier molecular flexibility index (Phi) is 6.04. The molecule has 4 rings (SSSR count). The minimum absolute atomic E-state index is 0.445. The van der Waals surface area contributed by atoms with Crippen molar-refractivity contribution in [3.8, 4) is 23.0 Å². The Hall–Kier alpha value is -3.66. The molecule has 0 aromatic heterocycles. The summed E-state index contributed by atoms with van der Waals surface area (Å²) in [4.78, 5) is 0. The van der Waals surface area contributed by atoms with Crippen LogP contribution in [-0.4, -0.2) is 14.2 Å². The maximum absolute atomic E-state index is 6.17. The van der Waals surface area contributed by atoms with Crippen molar-refractivity contribution in [3.63, 3.8) is 0 Å². The Morgan fingerprint density at radius 3 is 1.27 bits per heavy atom. The summed E-state index contributed by atoms with van der Waals surface area (Å²) in [6.45, 7) is 0.890. The molecule has 0 unspecified atom stereocenters. The largest absolute Gasteiger partial charge is 0.496 e. The van der Waals surface area contributed by atoms with Crippen molar-refractivity contribution in [1.29, 1.82) is 0 Å². The third-order valence-corrected chi connectivity index (χ3v) is 4.92. The van der Waals surface area contributed by atoms with E-state index < -0.39 is 0 Å². The molecule has 0 fully saturated rings. The highest BCUT2D eigenvalue weighted by atomic mass is 16.5. The maximum atomic E-state index is 6.17. The maximum Gasteiger partial charge on any atom is 0.162 e. The van der Waals surface area contributed by atoms with Crippen molar-refractivity contribution in [2.45, 2.75) is 13.2 Å². The molecule has 0 saturated carbocycles. The van der Waals surface area contributed by atoms with Gasteiger partial charge in [0.15, 0.2) is 11.5 Å². The Labute approximate surface area is 176 Å². The molecule has 0 aliphatic carbocycles. The normalized spacial score (nSPS) is 10.6. The average molecular weight is 400 g/mol. The summed E-state index contributed by atoms with van der Waals surface area (Å²) in [5, 5.41) is 1.82. The quantitative estimate of drug-likeness (QED) is 0.363. The van der Waals surface area contributed by atoms with E-state index in [4.69, 9.17) is 18.9 Å². The molecule has 4 nitrogen and oxygen atoms in total. The number of methoxy groups -OCH3 is 2. The molecule has 0 saturated heterocycles. The summed E-state index contributed by atoms with van der Waals surface area (Å²) in [6.07, 6.45) is 0. The van der Waals surface area contributed by atoms with Crippen molar-refractivity contribution < 1.29 is 18.9 Å². The van der Waals surface area contributed by atoms with E-state index in [1.54, 1.807) is 14.2 Å². The van der Waals surface area contributed by atoms with Gasteiger partial charge in [0.25, 0.3) is 0 Å². The first-order valence-electron chi connectivity index (χ1n) is 9.80. The molecule has 4 aromatic carbocycles. The lowest BCUT2D eigenvalue weighted by Crippen LogP contribution is -2.01. The predicted molar refractivity (Wildman–Crippen MR) is 119 cm³/mol. The van der Waals surface area contributed by atoms with Crippen molar-refractivity contribution >= 4 is 10.8 Å². The Bertz CT molecular complexity index is 1020. The topological polar surface area (TPSA) is 36.9 Å². The molecule has 152 valence electrons. The van der Waals surface area contributed by atoms with Crippen LogP contribution in [0.1, 0.15) is 11.1 Å². The van der Waals surface area contributed by atoms with E-state index in [-0.39, 0.29) is 0 Å². The molecule has 0 heterocycles. The van der Waals surface area contributed by atoms with Crippen LogP contribution in [0.2, 0.25) is 0 Å². The standard InChI is InChI=1S/C26H24O4/c1-27-23-13-14-24(28-2)22-16-26(30-18-20-11-7-4-8-12-20)25(15-21(22)23)29-17-19-9-5-3-6-10-19/h3-16H,17-18H2,1-2H3. The van der Waals surface area contributed by atoms with Gasteiger partial charge >= 0.3 is 0 Å². The Morgan fingerprint density at radius 2 is 0.900 bits per heavy atom. The Morgan fingerprint density at radius 1 is 0.500 bits per heavy atom. The third-order valence-electron chi connectivity index (χ3n) is 4.92. The minimum atomic E-state index is 0.445. The average Bonchev–Trinajstić information content (AvgIpc) is 2.81. The van der Waals surface area contributed by atoms with Crippen LogP contribution in [0.3, 0.4) is 0 Å². The SMILES string of the molecule is COc1ccc(OC)c2cc(OCc3ccccc3)c(OCc3ccccc3)cc12. The molecule has 4 heteroatoms. The van der Waals surface area contributed by atoms with Crippen LogP contribution >= 0.6 is 0 Å². The van der Waals surface area contributed by atoms with Gasteiger partial charge in [-0.05, 0) is 35.4 Å². The second kappa shape index (κ2) is 9.23. The van der Waals surface area contributed by atoms with Gasteiger partial charge in [-0.15, -0.1) is 0 Å². The molecule has 30 heavy (non-hydrogen) atoms. The van der Waals surface area contributed by atoms with Gasteiger partial charge in [0.05, 0.1) is 14.2 Å². The molecule has 0 radical (unpaired) electrons. The highest BCUT2D eigenvalue weighted by Crippen LogP contribution is 2.41. The number of benzene rings is 4. The first-order chi connectivity index (χ1) is 14.8. The molecule has 0 N–H and O–H groups in total. The summed E-state index contributed by atoms with van der Waals surface area (Å²) in [6, 6.07) is 27.8. The predicted octanol–water partition coefficient (Wildman–Crippen LogP) is 6.02. The van der Waals surface area contributed by atoms with Crippen molar-refractivity contribution in [2.75, 3.05) is 14.2 Å². The van der Waals surface area contributed by atoms with Gasteiger partial charge in [-0.2, -0.15) is 0 Å². The lowest BCUT2D eigenvalue weighted by atomic mass is 10.1. The molecule has 0 bridgehead atoms. The van der Waals surface area contributed by atoms with Crippen LogP contribution in [0.25, 0.3) is 10.8 Å². The van der Waals surface area contributed by atoms with E-state index in [0.717, 1.165) is 33.4 Å². The summed E-state index contributed by atoms with van der Waals surface area (Å²) in [5.74, 6) is 2.83. The third kappa shape index (κ3) is 4.33. The fraction of sp³-hybridized carbons (Fsp3) is 0.154. The minimum Gasteiger partial charge on any atom is -0.496 e. The van der Waals surface area contributed by atoms with E-state index in [2.05, 4.69) is 0 Å². The van der Waals surface area contributed by atoms with Gasteiger partial charge in [-0.25, -0.2) is 0 Å². The van der Waals surface area contributed by atoms with Gasteiger partial charge in [0, 0.05) is 10.8 Å². The van der Waals surface area contributed by atoms with Crippen molar-refractivity contribution in [2.24, 2.45) is 0 Å². The molecule has 0 spiro atoms. The summed E-state index contributed by atoms with van der Waals surface area (Å²) in [5.41, 5.74) is 2.17. The van der Waals surface area contributed by atoms with Crippen molar-refractivity contribution in [3.05, 3.63) is 96.1 Å². The second-order valence-corrected chi connectivity index (χ2v) is 6.86. The molecular formula is C26H24O4. The lowest BCUT2D eigenvalue weighted by molar-refractivity contribution is 0.256. The number of rotatable bonds is 8. The first-order valence-corrected chi connectivity index (χ1v) is 9.80. The van der Waals surface area contributed by atoms with Gasteiger partial charge in [-0.1, -0.05) is 60.7 Å². The highest BCUT2D eigenvalue weighted by Gasteiger charge is 2.15. The molecule has 0 aliphatic rings. The van der Waals surface area contributed by atoms with E-state index in [0.29, 0.717) is 24.7 Å². The number of fused-ring (bicyclic) bond motifs is 1. The molecule has 0 amide bonds. The van der Waals surface area contributed by atoms with Gasteiger partial charge in [-0.3, -0.25) is 0 Å². The zero-order valence-electron chi connectivity index (χ0n) is 17.1.